The van der Waals surface area contributed by atoms with E-state index in [1.54, 1.807) is 12.4 Å². The number of aromatic nitrogens is 5. The lowest BCUT2D eigenvalue weighted by atomic mass is 10.1. The summed E-state index contributed by atoms with van der Waals surface area (Å²) in [5, 5.41) is 20.7. The predicted octanol–water partition coefficient (Wildman–Crippen LogP) is 3.44. The molecule has 0 amide bonds. The van der Waals surface area contributed by atoms with Crippen molar-refractivity contribution in [2.24, 2.45) is 0 Å². The summed E-state index contributed by atoms with van der Waals surface area (Å²) in [5.74, 6) is 0.679. The third-order valence-corrected chi connectivity index (χ3v) is 5.12. The van der Waals surface area contributed by atoms with Gasteiger partial charge in [-0.3, -0.25) is 5.10 Å². The Morgan fingerprint density at radius 1 is 1.17 bits per heavy atom. The van der Waals surface area contributed by atoms with Crippen LogP contribution in [0.5, 0.6) is 0 Å². The third-order valence-electron chi connectivity index (χ3n) is 5.12. The van der Waals surface area contributed by atoms with Gasteiger partial charge in [-0.1, -0.05) is 12.1 Å². The summed E-state index contributed by atoms with van der Waals surface area (Å²) in [4.78, 5) is 11.3. The fourth-order valence-electron chi connectivity index (χ4n) is 3.47. The molecule has 0 bridgehead atoms. The van der Waals surface area contributed by atoms with E-state index in [1.807, 2.05) is 71.2 Å². The van der Waals surface area contributed by atoms with Crippen molar-refractivity contribution in [1.29, 1.82) is 0 Å². The van der Waals surface area contributed by atoms with E-state index in [2.05, 4.69) is 20.5 Å². The van der Waals surface area contributed by atoms with Crippen LogP contribution in [-0.4, -0.2) is 49.9 Å². The summed E-state index contributed by atoms with van der Waals surface area (Å²) in [6.07, 6.45) is 7.45. The maximum Gasteiger partial charge on any atom is 0.180 e. The van der Waals surface area contributed by atoms with Crippen LogP contribution in [0.3, 0.4) is 0 Å². The van der Waals surface area contributed by atoms with Crippen LogP contribution in [0.4, 0.5) is 17.2 Å². The first-order valence-corrected chi connectivity index (χ1v) is 9.67. The van der Waals surface area contributed by atoms with Gasteiger partial charge in [-0.25, -0.2) is 9.97 Å². The van der Waals surface area contributed by atoms with E-state index >= 15 is 0 Å². The first-order chi connectivity index (χ1) is 14.7. The summed E-state index contributed by atoms with van der Waals surface area (Å²) in [7, 11) is 1.95. The molecule has 0 atom stereocenters. The molecule has 5 rings (SSSR count). The quantitative estimate of drug-likeness (QED) is 0.405. The van der Waals surface area contributed by atoms with Crippen molar-refractivity contribution in [2.75, 3.05) is 30.4 Å². The molecule has 8 heteroatoms. The largest absolute Gasteiger partial charge is 0.395 e. The second kappa shape index (κ2) is 7.49. The number of hydrogen-bond acceptors (Lipinski definition) is 6. The zero-order valence-electron chi connectivity index (χ0n) is 16.4. The highest BCUT2D eigenvalue weighted by molar-refractivity contribution is 5.84. The van der Waals surface area contributed by atoms with Gasteiger partial charge in [-0.05, 0) is 30.3 Å². The van der Waals surface area contributed by atoms with Gasteiger partial charge in [0, 0.05) is 54.5 Å². The van der Waals surface area contributed by atoms with Crippen molar-refractivity contribution in [1.82, 2.24) is 24.6 Å². The molecule has 0 aliphatic carbocycles. The van der Waals surface area contributed by atoms with Crippen LogP contribution >= 0.6 is 0 Å². The molecule has 0 aliphatic rings. The van der Waals surface area contributed by atoms with Gasteiger partial charge in [0.1, 0.15) is 0 Å². The van der Waals surface area contributed by atoms with E-state index in [0.717, 1.165) is 39.2 Å². The Bertz CT molecular complexity index is 1310. The van der Waals surface area contributed by atoms with Crippen LogP contribution in [0.15, 0.2) is 67.3 Å². The Labute approximate surface area is 172 Å². The van der Waals surface area contributed by atoms with Crippen LogP contribution in [0, 0.1) is 0 Å². The molecule has 0 spiro atoms. The highest BCUT2D eigenvalue weighted by Crippen LogP contribution is 2.27. The van der Waals surface area contributed by atoms with Gasteiger partial charge < -0.3 is 19.7 Å². The number of H-pyrrole nitrogens is 1. The predicted molar refractivity (Wildman–Crippen MR) is 118 cm³/mol. The monoisotopic (exact) mass is 399 g/mol. The normalized spacial score (nSPS) is 11.3. The number of nitrogens with zero attached hydrogens (tertiary/aromatic N) is 5. The number of imidazole rings is 1. The molecule has 0 aliphatic heterocycles. The average molecular weight is 399 g/mol. The molecule has 150 valence electrons. The Hall–Kier alpha value is -3.91. The summed E-state index contributed by atoms with van der Waals surface area (Å²) in [6, 6.07) is 14.1. The number of hydrogen-bond donors (Lipinski definition) is 3. The van der Waals surface area contributed by atoms with Crippen LogP contribution in [0.1, 0.15) is 0 Å². The van der Waals surface area contributed by atoms with E-state index in [-0.39, 0.29) is 6.61 Å². The summed E-state index contributed by atoms with van der Waals surface area (Å²) >= 11 is 0. The number of aliphatic hydroxyl groups excluding tert-OH is 1. The molecule has 2 aromatic carbocycles. The summed E-state index contributed by atoms with van der Waals surface area (Å²) in [5.41, 5.74) is 5.50. The standard InChI is InChI=1S/C22H21N7O/c1-28(10-11-30)18-6-4-17(5-7-18)25-21-22-23-8-9-29(22)14-20(26-21)15-2-3-16-13-24-27-19(16)12-15/h2-9,12-14,30H,10-11H2,1H3,(H,24,27)(H,25,26). The minimum atomic E-state index is 0.120. The minimum absolute atomic E-state index is 0.120. The van der Waals surface area contributed by atoms with Gasteiger partial charge in [0.25, 0.3) is 0 Å². The number of aromatic amines is 1. The number of likely N-dealkylation sites (N-methyl/N-ethyl adjacent to an activating group) is 1. The lowest BCUT2D eigenvalue weighted by Gasteiger charge is -2.18. The first-order valence-electron chi connectivity index (χ1n) is 9.67. The van der Waals surface area contributed by atoms with E-state index in [0.29, 0.717) is 12.4 Å². The lowest BCUT2D eigenvalue weighted by molar-refractivity contribution is 0.304. The third kappa shape index (κ3) is 3.33. The SMILES string of the molecule is CN(CCO)c1ccc(Nc2nc(-c3ccc4cn[nH]c4c3)cn3ccnc23)cc1. The van der Waals surface area contributed by atoms with Crippen molar-refractivity contribution in [3.63, 3.8) is 0 Å². The topological polar surface area (TPSA) is 94.4 Å². The van der Waals surface area contributed by atoms with Crippen LogP contribution in [0.25, 0.3) is 27.8 Å². The summed E-state index contributed by atoms with van der Waals surface area (Å²) < 4.78 is 1.96. The second-order valence-electron chi connectivity index (χ2n) is 7.12. The molecule has 0 saturated heterocycles. The van der Waals surface area contributed by atoms with E-state index < -0.39 is 0 Å². The molecule has 8 nitrogen and oxygen atoms in total. The average Bonchev–Trinajstić information content (AvgIpc) is 3.43. The number of aliphatic hydroxyl groups is 1. The molecule has 3 heterocycles. The Balaban J connectivity index is 1.50. The molecule has 3 N–H and O–H groups in total. The molecular weight excluding hydrogens is 378 g/mol. The van der Waals surface area contributed by atoms with Gasteiger partial charge in [0.15, 0.2) is 11.5 Å². The number of nitrogens with one attached hydrogen (secondary N) is 2. The molecule has 0 radical (unpaired) electrons. The number of anilines is 3. The zero-order valence-corrected chi connectivity index (χ0v) is 16.4. The highest BCUT2D eigenvalue weighted by atomic mass is 16.3. The van der Waals surface area contributed by atoms with E-state index in [1.165, 1.54) is 0 Å². The van der Waals surface area contributed by atoms with E-state index in [9.17, 15) is 0 Å². The van der Waals surface area contributed by atoms with Crippen molar-refractivity contribution in [3.05, 3.63) is 67.3 Å². The van der Waals surface area contributed by atoms with Crippen molar-refractivity contribution < 1.29 is 5.11 Å². The van der Waals surface area contributed by atoms with Gasteiger partial charge in [-0.2, -0.15) is 5.10 Å². The van der Waals surface area contributed by atoms with Gasteiger partial charge in [-0.15, -0.1) is 0 Å². The van der Waals surface area contributed by atoms with Crippen molar-refractivity contribution >= 4 is 33.7 Å². The Morgan fingerprint density at radius 2 is 2.03 bits per heavy atom. The molecule has 0 fully saturated rings. The second-order valence-corrected chi connectivity index (χ2v) is 7.12. The molecule has 5 aromatic rings. The van der Waals surface area contributed by atoms with Crippen LogP contribution in [0.2, 0.25) is 0 Å². The summed E-state index contributed by atoms with van der Waals surface area (Å²) in [6.45, 7) is 0.709. The fourth-order valence-corrected chi connectivity index (χ4v) is 3.47. The number of benzene rings is 2. The Kier molecular flexibility index (Phi) is 4.53. The highest BCUT2D eigenvalue weighted by Gasteiger charge is 2.11. The van der Waals surface area contributed by atoms with Crippen LogP contribution < -0.4 is 10.2 Å². The lowest BCUT2D eigenvalue weighted by Crippen LogP contribution is -2.20. The van der Waals surface area contributed by atoms with Crippen molar-refractivity contribution in [2.45, 2.75) is 0 Å². The number of rotatable bonds is 6. The zero-order chi connectivity index (χ0) is 20.5. The minimum Gasteiger partial charge on any atom is -0.395 e. The molecule has 0 saturated carbocycles. The maximum absolute atomic E-state index is 9.12. The van der Waals surface area contributed by atoms with Gasteiger partial charge in [0.2, 0.25) is 0 Å². The van der Waals surface area contributed by atoms with Gasteiger partial charge in [0.05, 0.1) is 24.0 Å². The molecular formula is C22H21N7O. The molecule has 30 heavy (non-hydrogen) atoms. The molecule has 3 aromatic heterocycles. The van der Waals surface area contributed by atoms with Crippen molar-refractivity contribution in [3.8, 4) is 11.3 Å². The number of fused-ring (bicyclic) bond motifs is 2. The smallest absolute Gasteiger partial charge is 0.180 e. The van der Waals surface area contributed by atoms with Gasteiger partial charge >= 0.3 is 0 Å². The maximum atomic E-state index is 9.12. The first kappa shape index (κ1) is 18.1. The molecule has 0 unspecified atom stereocenters. The fraction of sp³-hybridized carbons (Fsp3) is 0.136. The van der Waals surface area contributed by atoms with Crippen LogP contribution in [-0.2, 0) is 0 Å². The van der Waals surface area contributed by atoms with E-state index in [4.69, 9.17) is 10.1 Å². The Morgan fingerprint density at radius 3 is 2.87 bits per heavy atom.